The van der Waals surface area contributed by atoms with Gasteiger partial charge >= 0.3 is 0 Å². The Bertz CT molecular complexity index is 991. The molecular weight excluding hydrogens is 352 g/mol. The molecule has 1 nitrogen and oxygen atoms in total. The standard InChI is InChI=1S/C28H26O/c1-21(24-15-9-4-10-16-24)25-19-26(17-22-11-5-2-6-12-22)28(29)27(20-25)18-23-13-7-3-8-14-23/h2-16,19-21,29H,17-18H2,1H3. The first-order valence-corrected chi connectivity index (χ1v) is 10.2. The summed E-state index contributed by atoms with van der Waals surface area (Å²) in [6.07, 6.45) is 1.45. The maximum absolute atomic E-state index is 11.1. The first kappa shape index (κ1) is 19.0. The van der Waals surface area contributed by atoms with Crippen LogP contribution in [-0.2, 0) is 12.8 Å². The molecular formula is C28H26O. The summed E-state index contributed by atoms with van der Waals surface area (Å²) in [5.41, 5.74) is 6.92. The van der Waals surface area contributed by atoms with E-state index in [1.54, 1.807) is 0 Å². The summed E-state index contributed by atoms with van der Waals surface area (Å²) < 4.78 is 0. The highest BCUT2D eigenvalue weighted by Crippen LogP contribution is 2.34. The minimum absolute atomic E-state index is 0.265. The van der Waals surface area contributed by atoms with Crippen molar-refractivity contribution in [2.24, 2.45) is 0 Å². The lowest BCUT2D eigenvalue weighted by atomic mass is 9.87. The quantitative estimate of drug-likeness (QED) is 0.394. The van der Waals surface area contributed by atoms with Crippen molar-refractivity contribution in [3.63, 3.8) is 0 Å². The van der Waals surface area contributed by atoms with Gasteiger partial charge in [0, 0.05) is 18.8 Å². The third-order valence-corrected chi connectivity index (χ3v) is 5.56. The second kappa shape index (κ2) is 8.79. The van der Waals surface area contributed by atoms with Gasteiger partial charge in [0.25, 0.3) is 0 Å². The second-order valence-electron chi connectivity index (χ2n) is 7.64. The van der Waals surface area contributed by atoms with E-state index in [1.807, 2.05) is 36.4 Å². The Hall–Kier alpha value is -3.32. The van der Waals surface area contributed by atoms with E-state index >= 15 is 0 Å². The molecule has 4 rings (SSSR count). The summed E-state index contributed by atoms with van der Waals surface area (Å²) in [6.45, 7) is 2.24. The van der Waals surface area contributed by atoms with Crippen LogP contribution in [0, 0.1) is 0 Å². The maximum Gasteiger partial charge on any atom is 0.122 e. The van der Waals surface area contributed by atoms with Crippen LogP contribution < -0.4 is 0 Å². The molecule has 1 atom stereocenters. The molecule has 1 N–H and O–H groups in total. The molecule has 144 valence electrons. The largest absolute Gasteiger partial charge is 0.507 e. The lowest BCUT2D eigenvalue weighted by Crippen LogP contribution is -2.02. The first-order chi connectivity index (χ1) is 14.2. The first-order valence-electron chi connectivity index (χ1n) is 10.2. The summed E-state index contributed by atoms with van der Waals surface area (Å²) in [4.78, 5) is 0. The Morgan fingerprint density at radius 1 is 0.586 bits per heavy atom. The number of benzene rings is 4. The normalized spacial score (nSPS) is 11.9. The minimum atomic E-state index is 0.265. The molecule has 0 aliphatic heterocycles. The maximum atomic E-state index is 11.1. The fourth-order valence-electron chi connectivity index (χ4n) is 3.87. The third-order valence-electron chi connectivity index (χ3n) is 5.56. The van der Waals surface area contributed by atoms with Crippen LogP contribution >= 0.6 is 0 Å². The van der Waals surface area contributed by atoms with E-state index in [2.05, 4.69) is 73.7 Å². The average Bonchev–Trinajstić information content (AvgIpc) is 2.78. The molecule has 1 unspecified atom stereocenters. The molecule has 0 radical (unpaired) electrons. The van der Waals surface area contributed by atoms with Crippen molar-refractivity contribution < 1.29 is 5.11 Å². The molecule has 0 amide bonds. The van der Waals surface area contributed by atoms with Gasteiger partial charge in [-0.05, 0) is 33.4 Å². The zero-order valence-electron chi connectivity index (χ0n) is 16.8. The molecule has 1 heteroatoms. The smallest absolute Gasteiger partial charge is 0.122 e. The number of hydrogen-bond acceptors (Lipinski definition) is 1. The molecule has 29 heavy (non-hydrogen) atoms. The van der Waals surface area contributed by atoms with E-state index < -0.39 is 0 Å². The lowest BCUT2D eigenvalue weighted by Gasteiger charge is -2.18. The highest BCUT2D eigenvalue weighted by atomic mass is 16.3. The van der Waals surface area contributed by atoms with Gasteiger partial charge < -0.3 is 5.11 Å². The summed E-state index contributed by atoms with van der Waals surface area (Å²) in [5.74, 6) is 0.683. The number of phenols is 1. The van der Waals surface area contributed by atoms with Crippen molar-refractivity contribution in [1.82, 2.24) is 0 Å². The Morgan fingerprint density at radius 2 is 1.00 bits per heavy atom. The van der Waals surface area contributed by atoms with Crippen LogP contribution in [0.1, 0.15) is 46.2 Å². The topological polar surface area (TPSA) is 20.2 Å². The number of aromatic hydroxyl groups is 1. The van der Waals surface area contributed by atoms with Gasteiger partial charge in [-0.1, -0.05) is 110 Å². The number of rotatable bonds is 6. The molecule has 0 heterocycles. The Kier molecular flexibility index (Phi) is 5.76. The van der Waals surface area contributed by atoms with Crippen molar-refractivity contribution in [3.8, 4) is 5.75 Å². The SMILES string of the molecule is CC(c1ccccc1)c1cc(Cc2ccccc2)c(O)c(Cc2ccccc2)c1. The second-order valence-corrected chi connectivity index (χ2v) is 7.64. The van der Waals surface area contributed by atoms with Gasteiger partial charge in [-0.3, -0.25) is 0 Å². The van der Waals surface area contributed by atoms with Crippen LogP contribution in [0.25, 0.3) is 0 Å². The third kappa shape index (κ3) is 4.57. The summed E-state index contributed by atoms with van der Waals surface area (Å²) in [6, 6.07) is 35.6. The molecule has 4 aromatic rings. The monoisotopic (exact) mass is 378 g/mol. The van der Waals surface area contributed by atoms with Crippen LogP contribution in [0.4, 0.5) is 0 Å². The Morgan fingerprint density at radius 3 is 1.45 bits per heavy atom. The molecule has 0 aliphatic carbocycles. The zero-order valence-corrected chi connectivity index (χ0v) is 16.8. The average molecular weight is 379 g/mol. The van der Waals surface area contributed by atoms with Gasteiger partial charge in [0.05, 0.1) is 0 Å². The zero-order chi connectivity index (χ0) is 20.1. The Balaban J connectivity index is 1.76. The summed E-state index contributed by atoms with van der Waals surface area (Å²) in [5, 5.41) is 11.1. The van der Waals surface area contributed by atoms with E-state index in [0.717, 1.165) is 24.0 Å². The van der Waals surface area contributed by atoms with Gasteiger partial charge in [0.1, 0.15) is 5.75 Å². The Labute approximate surface area is 173 Å². The molecule has 0 spiro atoms. The van der Waals surface area contributed by atoms with Crippen LogP contribution in [0.5, 0.6) is 5.75 Å². The highest BCUT2D eigenvalue weighted by Gasteiger charge is 2.16. The van der Waals surface area contributed by atoms with Gasteiger partial charge in [-0.25, -0.2) is 0 Å². The molecule has 0 saturated carbocycles. The molecule has 0 aromatic heterocycles. The van der Waals surface area contributed by atoms with Gasteiger partial charge in [-0.15, -0.1) is 0 Å². The molecule has 4 aromatic carbocycles. The van der Waals surface area contributed by atoms with Crippen molar-refractivity contribution in [1.29, 1.82) is 0 Å². The molecule has 0 aliphatic rings. The fraction of sp³-hybridized carbons (Fsp3) is 0.143. The van der Waals surface area contributed by atoms with Crippen LogP contribution in [0.2, 0.25) is 0 Å². The van der Waals surface area contributed by atoms with Gasteiger partial charge in [0.15, 0.2) is 0 Å². The number of hydrogen-bond donors (Lipinski definition) is 1. The van der Waals surface area contributed by atoms with Crippen molar-refractivity contribution in [2.75, 3.05) is 0 Å². The lowest BCUT2D eigenvalue weighted by molar-refractivity contribution is 0.463. The minimum Gasteiger partial charge on any atom is -0.507 e. The molecule has 0 saturated heterocycles. The van der Waals surface area contributed by atoms with E-state index in [9.17, 15) is 5.11 Å². The van der Waals surface area contributed by atoms with E-state index in [-0.39, 0.29) is 5.92 Å². The molecule has 0 bridgehead atoms. The van der Waals surface area contributed by atoms with E-state index in [4.69, 9.17) is 0 Å². The summed E-state index contributed by atoms with van der Waals surface area (Å²) in [7, 11) is 0. The van der Waals surface area contributed by atoms with Crippen LogP contribution in [0.15, 0.2) is 103 Å². The predicted octanol–water partition coefficient (Wildman–Crippen LogP) is 6.73. The van der Waals surface area contributed by atoms with Gasteiger partial charge in [-0.2, -0.15) is 0 Å². The van der Waals surface area contributed by atoms with Crippen LogP contribution in [-0.4, -0.2) is 5.11 Å². The van der Waals surface area contributed by atoms with Crippen molar-refractivity contribution in [2.45, 2.75) is 25.7 Å². The highest BCUT2D eigenvalue weighted by molar-refractivity contribution is 5.50. The number of phenolic OH excluding ortho intramolecular Hbond substituents is 1. The van der Waals surface area contributed by atoms with Crippen molar-refractivity contribution >= 4 is 0 Å². The summed E-state index contributed by atoms with van der Waals surface area (Å²) >= 11 is 0. The van der Waals surface area contributed by atoms with E-state index in [0.29, 0.717) is 5.75 Å². The van der Waals surface area contributed by atoms with Crippen LogP contribution in [0.3, 0.4) is 0 Å². The van der Waals surface area contributed by atoms with Gasteiger partial charge in [0.2, 0.25) is 0 Å². The molecule has 0 fully saturated rings. The fourth-order valence-corrected chi connectivity index (χ4v) is 3.87. The van der Waals surface area contributed by atoms with E-state index in [1.165, 1.54) is 22.3 Å². The predicted molar refractivity (Wildman–Crippen MR) is 121 cm³/mol. The van der Waals surface area contributed by atoms with Crippen molar-refractivity contribution in [3.05, 3.63) is 137 Å².